The molecule has 0 aromatic rings. The molecule has 10 heavy (non-hydrogen) atoms. The van der Waals surface area contributed by atoms with Crippen molar-refractivity contribution in [3.05, 3.63) is 12.7 Å². The van der Waals surface area contributed by atoms with Gasteiger partial charge in [-0.2, -0.15) is 0 Å². The quantitative estimate of drug-likeness (QED) is 0.174. The zero-order valence-electron chi connectivity index (χ0n) is 5.20. The second kappa shape index (κ2) is 4.43. The lowest BCUT2D eigenvalue weighted by Crippen LogP contribution is -2.18. The molecule has 0 saturated carbocycles. The Kier molecular flexibility index (Phi) is 3.79. The van der Waals surface area contributed by atoms with Gasteiger partial charge >= 0.3 is 11.8 Å². The molecule has 0 aliphatic carbocycles. The van der Waals surface area contributed by atoms with Crippen LogP contribution >= 0.6 is 0 Å². The second-order valence-electron chi connectivity index (χ2n) is 1.37. The Bertz CT molecular complexity index is 171. The lowest BCUT2D eigenvalue weighted by atomic mass is 10.4. The van der Waals surface area contributed by atoms with Crippen LogP contribution in [-0.4, -0.2) is 24.6 Å². The standard InChI is InChI=1S/C6H6O4/c1-2-3-10-6(9)5(8)4-7/h2,4H,1,3H2. The van der Waals surface area contributed by atoms with Crippen molar-refractivity contribution in [3.63, 3.8) is 0 Å². The maximum Gasteiger partial charge on any atom is 0.382 e. The predicted molar refractivity (Wildman–Crippen MR) is 32.2 cm³/mol. The summed E-state index contributed by atoms with van der Waals surface area (Å²) in [4.78, 5) is 30.1. The number of ether oxygens (including phenoxy) is 1. The molecule has 0 unspecified atom stereocenters. The minimum atomic E-state index is -1.18. The summed E-state index contributed by atoms with van der Waals surface area (Å²) >= 11 is 0. The van der Waals surface area contributed by atoms with Crippen LogP contribution in [0.2, 0.25) is 0 Å². The average molecular weight is 142 g/mol. The summed E-state index contributed by atoms with van der Waals surface area (Å²) in [5.74, 6) is -2.32. The van der Waals surface area contributed by atoms with Crippen molar-refractivity contribution in [1.29, 1.82) is 0 Å². The number of hydrogen-bond acceptors (Lipinski definition) is 4. The topological polar surface area (TPSA) is 60.4 Å². The second-order valence-corrected chi connectivity index (χ2v) is 1.37. The SMILES string of the molecule is C=CCOC(=O)C(=O)C=O. The number of carbonyl (C=O) groups excluding carboxylic acids is 3. The third kappa shape index (κ3) is 2.76. The summed E-state index contributed by atoms with van der Waals surface area (Å²) in [5.41, 5.74) is 0. The van der Waals surface area contributed by atoms with E-state index in [0.717, 1.165) is 0 Å². The van der Waals surface area contributed by atoms with Crippen LogP contribution in [0.15, 0.2) is 12.7 Å². The Morgan fingerprint density at radius 1 is 1.50 bits per heavy atom. The van der Waals surface area contributed by atoms with Gasteiger partial charge in [0.1, 0.15) is 6.61 Å². The van der Waals surface area contributed by atoms with Gasteiger partial charge in [0.2, 0.25) is 0 Å². The molecule has 0 N–H and O–H groups in total. The van der Waals surface area contributed by atoms with Crippen LogP contribution in [0.3, 0.4) is 0 Å². The largest absolute Gasteiger partial charge is 0.455 e. The van der Waals surface area contributed by atoms with Gasteiger partial charge in [0.05, 0.1) is 0 Å². The number of Topliss-reactive ketones (excluding diaryl/α,β-unsaturated/α-hetero) is 1. The maximum atomic E-state index is 10.3. The molecule has 4 nitrogen and oxygen atoms in total. The maximum absolute atomic E-state index is 10.3. The van der Waals surface area contributed by atoms with Gasteiger partial charge in [-0.05, 0) is 0 Å². The molecule has 54 valence electrons. The average Bonchev–Trinajstić information content (AvgIpc) is 1.98. The van der Waals surface area contributed by atoms with Crippen LogP contribution in [0, 0.1) is 0 Å². The molecule has 0 heterocycles. The van der Waals surface area contributed by atoms with E-state index < -0.39 is 11.8 Å². The minimum Gasteiger partial charge on any atom is -0.455 e. The molecule has 4 heteroatoms. The highest BCUT2D eigenvalue weighted by atomic mass is 16.5. The van der Waals surface area contributed by atoms with Gasteiger partial charge in [0.15, 0.2) is 6.29 Å². The van der Waals surface area contributed by atoms with E-state index in [1.807, 2.05) is 0 Å². The van der Waals surface area contributed by atoms with Crippen molar-refractivity contribution in [2.75, 3.05) is 6.61 Å². The fraction of sp³-hybridized carbons (Fsp3) is 0.167. The smallest absolute Gasteiger partial charge is 0.382 e. The molecular formula is C6H6O4. The normalized spacial score (nSPS) is 8.00. The number of hydrogen-bond donors (Lipinski definition) is 0. The Labute approximate surface area is 57.5 Å². The number of aldehydes is 1. The minimum absolute atomic E-state index is 0.0571. The first-order valence-corrected chi connectivity index (χ1v) is 2.49. The molecule has 0 radical (unpaired) electrons. The summed E-state index contributed by atoms with van der Waals surface area (Å²) in [7, 11) is 0. The van der Waals surface area contributed by atoms with Gasteiger partial charge in [0.25, 0.3) is 0 Å². The van der Waals surface area contributed by atoms with E-state index in [1.54, 1.807) is 0 Å². The molecule has 0 bridgehead atoms. The van der Waals surface area contributed by atoms with E-state index in [2.05, 4.69) is 11.3 Å². The van der Waals surface area contributed by atoms with E-state index in [0.29, 0.717) is 0 Å². The van der Waals surface area contributed by atoms with Crippen molar-refractivity contribution in [2.24, 2.45) is 0 Å². The van der Waals surface area contributed by atoms with E-state index in [-0.39, 0.29) is 12.9 Å². The van der Waals surface area contributed by atoms with E-state index in [1.165, 1.54) is 6.08 Å². The van der Waals surface area contributed by atoms with Crippen molar-refractivity contribution < 1.29 is 19.1 Å². The molecule has 0 amide bonds. The first-order chi connectivity index (χ1) is 4.72. The Morgan fingerprint density at radius 3 is 2.50 bits per heavy atom. The number of rotatable bonds is 4. The van der Waals surface area contributed by atoms with Crippen LogP contribution < -0.4 is 0 Å². The fourth-order valence-electron chi connectivity index (χ4n) is 0.254. The van der Waals surface area contributed by atoms with Crippen LogP contribution in [-0.2, 0) is 19.1 Å². The highest BCUT2D eigenvalue weighted by Crippen LogP contribution is 1.78. The lowest BCUT2D eigenvalue weighted by molar-refractivity contribution is -0.153. The Hall–Kier alpha value is -1.45. The third-order valence-electron chi connectivity index (χ3n) is 0.641. The summed E-state index contributed by atoms with van der Waals surface area (Å²) in [5, 5.41) is 0. The van der Waals surface area contributed by atoms with E-state index in [4.69, 9.17) is 0 Å². The van der Waals surface area contributed by atoms with Gasteiger partial charge in [-0.3, -0.25) is 9.59 Å². The van der Waals surface area contributed by atoms with Crippen LogP contribution in [0.1, 0.15) is 0 Å². The van der Waals surface area contributed by atoms with Gasteiger partial charge < -0.3 is 4.74 Å². The summed E-state index contributed by atoms with van der Waals surface area (Å²) in [6, 6.07) is 0. The molecule has 0 aliphatic rings. The third-order valence-corrected chi connectivity index (χ3v) is 0.641. The van der Waals surface area contributed by atoms with Gasteiger partial charge in [-0.1, -0.05) is 12.7 Å². The number of esters is 1. The van der Waals surface area contributed by atoms with Crippen molar-refractivity contribution in [2.45, 2.75) is 0 Å². The zero-order chi connectivity index (χ0) is 7.98. The van der Waals surface area contributed by atoms with E-state index in [9.17, 15) is 14.4 Å². The van der Waals surface area contributed by atoms with Gasteiger partial charge in [0, 0.05) is 0 Å². The van der Waals surface area contributed by atoms with E-state index >= 15 is 0 Å². The number of ketones is 1. The molecule has 0 rings (SSSR count). The molecule has 0 aromatic heterocycles. The highest BCUT2D eigenvalue weighted by Gasteiger charge is 2.11. The molecule has 0 aliphatic heterocycles. The molecular weight excluding hydrogens is 136 g/mol. The molecule has 0 atom stereocenters. The van der Waals surface area contributed by atoms with Crippen molar-refractivity contribution in [1.82, 2.24) is 0 Å². The summed E-state index contributed by atoms with van der Waals surface area (Å²) in [6.45, 7) is 3.18. The van der Waals surface area contributed by atoms with Gasteiger partial charge in [-0.25, -0.2) is 4.79 Å². The molecule has 0 saturated heterocycles. The Morgan fingerprint density at radius 2 is 2.10 bits per heavy atom. The summed E-state index contributed by atoms with van der Waals surface area (Å²) in [6.07, 6.45) is 1.21. The fourth-order valence-corrected chi connectivity index (χ4v) is 0.254. The zero-order valence-corrected chi connectivity index (χ0v) is 5.20. The van der Waals surface area contributed by atoms with Crippen LogP contribution in [0.25, 0.3) is 0 Å². The number of carbonyl (C=O) groups is 3. The van der Waals surface area contributed by atoms with Crippen LogP contribution in [0.4, 0.5) is 0 Å². The molecule has 0 spiro atoms. The first kappa shape index (κ1) is 8.55. The molecule has 0 fully saturated rings. The predicted octanol–water partition coefficient (Wildman–Crippen LogP) is -0.516. The van der Waals surface area contributed by atoms with Crippen molar-refractivity contribution in [3.8, 4) is 0 Å². The monoisotopic (exact) mass is 142 g/mol. The van der Waals surface area contributed by atoms with Gasteiger partial charge in [-0.15, -0.1) is 0 Å². The molecule has 0 aromatic carbocycles. The lowest BCUT2D eigenvalue weighted by Gasteiger charge is -1.93. The van der Waals surface area contributed by atoms with Crippen LogP contribution in [0.5, 0.6) is 0 Å². The van der Waals surface area contributed by atoms with Crippen molar-refractivity contribution >= 4 is 18.0 Å². The highest BCUT2D eigenvalue weighted by molar-refractivity contribution is 6.55. The first-order valence-electron chi connectivity index (χ1n) is 2.49. The summed E-state index contributed by atoms with van der Waals surface area (Å²) < 4.78 is 4.21. The Balaban J connectivity index is 3.73.